The zero-order valence-electron chi connectivity index (χ0n) is 17.8. The molecule has 164 valence electrons. The van der Waals surface area contributed by atoms with Crippen LogP contribution >= 0.6 is 0 Å². The summed E-state index contributed by atoms with van der Waals surface area (Å²) in [5.74, 6) is -0.802. The number of nitro benzene ring substituents is 1. The van der Waals surface area contributed by atoms with E-state index < -0.39 is 10.8 Å². The molecule has 2 aromatic carbocycles. The number of nitrogens with zero attached hydrogens (tertiary/aromatic N) is 3. The predicted octanol–water partition coefficient (Wildman–Crippen LogP) is 2.41. The van der Waals surface area contributed by atoms with Crippen LogP contribution in [0.4, 0.5) is 17.1 Å². The number of benzene rings is 2. The molecule has 0 bridgehead atoms. The maximum Gasteiger partial charge on any atom is 0.272 e. The lowest BCUT2D eigenvalue weighted by Gasteiger charge is -2.36. The van der Waals surface area contributed by atoms with Crippen LogP contribution in [0.3, 0.4) is 0 Å². The number of amides is 2. The number of nitro groups is 1. The summed E-state index contributed by atoms with van der Waals surface area (Å²) in [6, 6.07) is 11.7. The van der Waals surface area contributed by atoms with E-state index in [9.17, 15) is 19.7 Å². The quantitative estimate of drug-likeness (QED) is 0.521. The van der Waals surface area contributed by atoms with E-state index in [2.05, 4.69) is 27.4 Å². The van der Waals surface area contributed by atoms with Gasteiger partial charge in [-0.2, -0.15) is 0 Å². The Labute approximate surface area is 181 Å². The first-order chi connectivity index (χ1) is 14.9. The van der Waals surface area contributed by atoms with Crippen molar-refractivity contribution in [2.75, 3.05) is 49.5 Å². The van der Waals surface area contributed by atoms with Crippen molar-refractivity contribution in [1.82, 2.24) is 10.2 Å². The molecule has 1 fully saturated rings. The lowest BCUT2D eigenvalue weighted by Crippen LogP contribution is -2.46. The summed E-state index contributed by atoms with van der Waals surface area (Å²) in [5, 5.41) is 16.4. The Morgan fingerprint density at radius 3 is 2.45 bits per heavy atom. The topological polar surface area (TPSA) is 108 Å². The summed E-state index contributed by atoms with van der Waals surface area (Å²) in [6.07, 6.45) is 0. The monoisotopic (exact) mass is 425 g/mol. The van der Waals surface area contributed by atoms with Gasteiger partial charge in [-0.1, -0.05) is 19.1 Å². The number of carbonyl (C=O) groups excluding carboxylic acids is 2. The number of nitrogens with one attached hydrogen (secondary N) is 2. The first-order valence-electron chi connectivity index (χ1n) is 10.3. The van der Waals surface area contributed by atoms with E-state index in [0.29, 0.717) is 11.3 Å². The number of rotatable bonds is 7. The number of hydrogen-bond donors (Lipinski definition) is 2. The van der Waals surface area contributed by atoms with E-state index in [1.807, 2.05) is 24.3 Å². The van der Waals surface area contributed by atoms with Gasteiger partial charge in [-0.3, -0.25) is 19.7 Å². The summed E-state index contributed by atoms with van der Waals surface area (Å²) in [5.41, 5.74) is 2.27. The molecular formula is C22H27N5O4. The Hall–Kier alpha value is -3.46. The van der Waals surface area contributed by atoms with Gasteiger partial charge in [0.05, 0.1) is 22.8 Å². The second kappa shape index (κ2) is 10.0. The van der Waals surface area contributed by atoms with Crippen LogP contribution in [0.2, 0.25) is 0 Å². The molecule has 31 heavy (non-hydrogen) atoms. The molecule has 0 radical (unpaired) electrons. The fourth-order valence-electron chi connectivity index (χ4n) is 3.62. The van der Waals surface area contributed by atoms with Gasteiger partial charge in [0.1, 0.15) is 0 Å². The average Bonchev–Trinajstić information content (AvgIpc) is 2.77. The number of para-hydroxylation sites is 2. The third-order valence-corrected chi connectivity index (χ3v) is 5.40. The highest BCUT2D eigenvalue weighted by atomic mass is 16.6. The zero-order chi connectivity index (χ0) is 22.4. The van der Waals surface area contributed by atoms with Crippen LogP contribution in [0.5, 0.6) is 0 Å². The molecule has 1 aliphatic rings. The average molecular weight is 425 g/mol. The van der Waals surface area contributed by atoms with E-state index in [1.165, 1.54) is 18.2 Å². The van der Waals surface area contributed by atoms with E-state index >= 15 is 0 Å². The Bertz CT molecular complexity index is 970. The largest absolute Gasteiger partial charge is 0.367 e. The molecule has 1 saturated heterocycles. The van der Waals surface area contributed by atoms with Crippen molar-refractivity contribution < 1.29 is 14.5 Å². The first kappa shape index (κ1) is 22.2. The van der Waals surface area contributed by atoms with Gasteiger partial charge in [-0.15, -0.1) is 0 Å². The van der Waals surface area contributed by atoms with E-state index in [1.54, 1.807) is 6.92 Å². The number of likely N-dealkylation sites (N-methyl/N-ethyl adjacent to an activating group) is 1. The number of hydrogen-bond acceptors (Lipinski definition) is 6. The molecular weight excluding hydrogens is 398 g/mol. The molecule has 0 spiro atoms. The van der Waals surface area contributed by atoms with Gasteiger partial charge >= 0.3 is 0 Å². The summed E-state index contributed by atoms with van der Waals surface area (Å²) < 4.78 is 0. The van der Waals surface area contributed by atoms with Crippen LogP contribution in [-0.2, 0) is 4.79 Å². The molecule has 1 heterocycles. The second-order valence-corrected chi connectivity index (χ2v) is 7.43. The van der Waals surface area contributed by atoms with Crippen LogP contribution in [0.15, 0.2) is 42.5 Å². The van der Waals surface area contributed by atoms with E-state index in [-0.39, 0.29) is 23.7 Å². The van der Waals surface area contributed by atoms with Crippen LogP contribution in [0.1, 0.15) is 22.8 Å². The molecule has 2 N–H and O–H groups in total. The molecule has 0 atom stereocenters. The fourth-order valence-corrected chi connectivity index (χ4v) is 3.62. The van der Waals surface area contributed by atoms with Crippen molar-refractivity contribution in [3.8, 4) is 0 Å². The van der Waals surface area contributed by atoms with Crippen LogP contribution in [0.25, 0.3) is 0 Å². The van der Waals surface area contributed by atoms with Crippen molar-refractivity contribution >= 4 is 28.9 Å². The number of piperazine rings is 1. The van der Waals surface area contributed by atoms with Gasteiger partial charge in [-0.25, -0.2) is 0 Å². The van der Waals surface area contributed by atoms with E-state index in [0.717, 1.165) is 38.4 Å². The Morgan fingerprint density at radius 1 is 1.10 bits per heavy atom. The molecule has 0 saturated carbocycles. The van der Waals surface area contributed by atoms with Crippen LogP contribution in [0, 0.1) is 17.0 Å². The number of carbonyl (C=O) groups is 2. The molecule has 1 aliphatic heterocycles. The Morgan fingerprint density at radius 2 is 1.81 bits per heavy atom. The van der Waals surface area contributed by atoms with Crippen LogP contribution < -0.4 is 15.5 Å². The van der Waals surface area contributed by atoms with Crippen molar-refractivity contribution in [2.45, 2.75) is 13.8 Å². The molecule has 2 aromatic rings. The maximum absolute atomic E-state index is 12.5. The summed E-state index contributed by atoms with van der Waals surface area (Å²) in [4.78, 5) is 39.8. The smallest absolute Gasteiger partial charge is 0.272 e. The van der Waals surface area contributed by atoms with Crippen molar-refractivity contribution in [2.24, 2.45) is 0 Å². The molecule has 9 nitrogen and oxygen atoms in total. The Balaban J connectivity index is 1.58. The van der Waals surface area contributed by atoms with Gasteiger partial charge in [0, 0.05) is 43.4 Å². The van der Waals surface area contributed by atoms with E-state index in [4.69, 9.17) is 0 Å². The molecule has 0 unspecified atom stereocenters. The highest BCUT2D eigenvalue weighted by Crippen LogP contribution is 2.26. The Kier molecular flexibility index (Phi) is 7.19. The predicted molar refractivity (Wildman–Crippen MR) is 120 cm³/mol. The first-order valence-corrected chi connectivity index (χ1v) is 10.3. The standard InChI is InChI=1S/C22H27N5O4/c1-3-25-10-12-26(13-11-25)20-7-5-4-6-18(20)24-21(28)15-23-22(29)17-8-9-19(27(30)31)16(2)14-17/h4-9,14H,3,10-13,15H2,1-2H3,(H,23,29)(H,24,28). The lowest BCUT2D eigenvalue weighted by molar-refractivity contribution is -0.385. The normalized spacial score (nSPS) is 14.2. The van der Waals surface area contributed by atoms with Crippen molar-refractivity contribution in [1.29, 1.82) is 0 Å². The second-order valence-electron chi connectivity index (χ2n) is 7.43. The number of aryl methyl sites for hydroxylation is 1. The molecule has 9 heteroatoms. The van der Waals surface area contributed by atoms with Gasteiger partial charge in [-0.05, 0) is 37.7 Å². The minimum absolute atomic E-state index is 0.0503. The fraction of sp³-hybridized carbons (Fsp3) is 0.364. The lowest BCUT2D eigenvalue weighted by atomic mass is 10.1. The highest BCUT2D eigenvalue weighted by molar-refractivity contribution is 6.00. The molecule has 3 rings (SSSR count). The minimum atomic E-state index is -0.496. The molecule has 0 aromatic heterocycles. The third kappa shape index (κ3) is 5.58. The molecule has 0 aliphatic carbocycles. The van der Waals surface area contributed by atoms with Crippen LogP contribution in [-0.4, -0.2) is 60.9 Å². The molecule has 2 amide bonds. The van der Waals surface area contributed by atoms with Gasteiger partial charge < -0.3 is 20.4 Å². The van der Waals surface area contributed by atoms with Gasteiger partial charge in [0.25, 0.3) is 11.6 Å². The summed E-state index contributed by atoms with van der Waals surface area (Å²) in [6.45, 7) is 8.27. The minimum Gasteiger partial charge on any atom is -0.367 e. The van der Waals surface area contributed by atoms with Gasteiger partial charge in [0.15, 0.2) is 0 Å². The zero-order valence-corrected chi connectivity index (χ0v) is 17.8. The number of anilines is 2. The highest BCUT2D eigenvalue weighted by Gasteiger charge is 2.19. The van der Waals surface area contributed by atoms with Crippen molar-refractivity contribution in [3.05, 3.63) is 63.7 Å². The summed E-state index contributed by atoms with van der Waals surface area (Å²) >= 11 is 0. The third-order valence-electron chi connectivity index (χ3n) is 5.40. The summed E-state index contributed by atoms with van der Waals surface area (Å²) in [7, 11) is 0. The maximum atomic E-state index is 12.5. The van der Waals surface area contributed by atoms with Crippen molar-refractivity contribution in [3.63, 3.8) is 0 Å². The SMILES string of the molecule is CCN1CCN(c2ccccc2NC(=O)CNC(=O)c2ccc([N+](=O)[O-])c(C)c2)CC1. The van der Waals surface area contributed by atoms with Gasteiger partial charge in [0.2, 0.25) is 5.91 Å².